The monoisotopic (exact) mass is 356 g/mol. The molecule has 1 fully saturated rings. The van der Waals surface area contributed by atoms with Crippen molar-refractivity contribution >= 4 is 5.97 Å². The highest BCUT2D eigenvalue weighted by Crippen LogP contribution is 2.42. The number of pyridine rings is 1. The Hall–Kier alpha value is -2.60. The number of carbonyl (C=O) groups is 1. The quantitative estimate of drug-likeness (QED) is 0.858. The van der Waals surface area contributed by atoms with Crippen LogP contribution in [0.25, 0.3) is 0 Å². The van der Waals surface area contributed by atoms with Crippen LogP contribution in [0.15, 0.2) is 36.4 Å². The van der Waals surface area contributed by atoms with Crippen LogP contribution in [-0.4, -0.2) is 48.3 Å². The number of carboxylic acid groups (broad SMARTS) is 1. The van der Waals surface area contributed by atoms with E-state index < -0.39 is 11.9 Å². The Bertz CT molecular complexity index is 793. The molecule has 1 aromatic heterocycles. The molecule has 6 heteroatoms. The maximum Gasteiger partial charge on any atom is 0.308 e. The first kappa shape index (κ1) is 18.2. The highest BCUT2D eigenvalue weighted by molar-refractivity contribution is 5.73. The average molecular weight is 356 g/mol. The minimum Gasteiger partial charge on any atom is -0.493 e. The molecule has 2 aromatic rings. The predicted octanol–water partition coefficient (Wildman–Crippen LogP) is 2.71. The number of nitrogens with zero attached hydrogens (tertiary/aromatic N) is 2. The zero-order valence-electron chi connectivity index (χ0n) is 15.3. The summed E-state index contributed by atoms with van der Waals surface area (Å²) in [6.07, 6.45) is 0. The molecule has 0 spiro atoms. The summed E-state index contributed by atoms with van der Waals surface area (Å²) in [5.41, 5.74) is 2.79. The number of methoxy groups -OCH3 is 2. The van der Waals surface area contributed by atoms with E-state index in [9.17, 15) is 9.90 Å². The molecule has 1 saturated heterocycles. The first-order valence-corrected chi connectivity index (χ1v) is 8.62. The van der Waals surface area contributed by atoms with Crippen molar-refractivity contribution in [2.45, 2.75) is 19.4 Å². The molecule has 1 aliphatic rings. The smallest absolute Gasteiger partial charge is 0.308 e. The minimum absolute atomic E-state index is 0.164. The van der Waals surface area contributed by atoms with Gasteiger partial charge in [-0.25, -0.2) is 0 Å². The highest BCUT2D eigenvalue weighted by Gasteiger charge is 2.40. The molecule has 2 heterocycles. The van der Waals surface area contributed by atoms with Crippen molar-refractivity contribution in [3.8, 4) is 11.5 Å². The Kier molecular flexibility index (Phi) is 5.42. The first-order valence-electron chi connectivity index (χ1n) is 8.62. The Morgan fingerprint density at radius 2 is 1.96 bits per heavy atom. The van der Waals surface area contributed by atoms with Gasteiger partial charge >= 0.3 is 5.97 Å². The zero-order chi connectivity index (χ0) is 18.7. The largest absolute Gasteiger partial charge is 0.493 e. The van der Waals surface area contributed by atoms with Gasteiger partial charge in [0.05, 0.1) is 25.8 Å². The van der Waals surface area contributed by atoms with Gasteiger partial charge in [0.15, 0.2) is 11.5 Å². The number of hydrogen-bond acceptors (Lipinski definition) is 5. The zero-order valence-corrected chi connectivity index (χ0v) is 15.3. The predicted molar refractivity (Wildman–Crippen MR) is 97.7 cm³/mol. The molecule has 1 aromatic carbocycles. The van der Waals surface area contributed by atoms with Crippen LogP contribution in [0.4, 0.5) is 0 Å². The molecule has 138 valence electrons. The molecule has 0 aliphatic carbocycles. The van der Waals surface area contributed by atoms with Gasteiger partial charge in [0.2, 0.25) is 0 Å². The van der Waals surface area contributed by atoms with Gasteiger partial charge in [-0.1, -0.05) is 18.2 Å². The molecule has 2 atom stereocenters. The summed E-state index contributed by atoms with van der Waals surface area (Å²) in [6.45, 7) is 3.71. The van der Waals surface area contributed by atoms with Crippen molar-refractivity contribution in [1.82, 2.24) is 9.88 Å². The highest BCUT2D eigenvalue weighted by atomic mass is 16.5. The maximum atomic E-state index is 11.9. The van der Waals surface area contributed by atoms with Crippen molar-refractivity contribution < 1.29 is 19.4 Å². The molecular formula is C20H24N2O4. The van der Waals surface area contributed by atoms with Gasteiger partial charge in [-0.2, -0.15) is 0 Å². The lowest BCUT2D eigenvalue weighted by molar-refractivity contribution is -0.141. The van der Waals surface area contributed by atoms with Crippen LogP contribution in [-0.2, 0) is 11.3 Å². The number of para-hydroxylation sites is 1. The number of aliphatic carboxylic acids is 1. The first-order chi connectivity index (χ1) is 12.5. The molecule has 0 saturated carbocycles. The number of likely N-dealkylation sites (tertiary alicyclic amines) is 1. The molecule has 1 aliphatic heterocycles. The fourth-order valence-electron chi connectivity index (χ4n) is 3.70. The van der Waals surface area contributed by atoms with Crippen molar-refractivity contribution in [2.24, 2.45) is 5.92 Å². The SMILES string of the molecule is COc1cccc([C@@H]2CN(Cc3cccc(C)n3)C[C@H]2C(=O)O)c1OC. The normalized spacial score (nSPS) is 20.1. The van der Waals surface area contributed by atoms with Crippen LogP contribution >= 0.6 is 0 Å². The van der Waals surface area contributed by atoms with E-state index in [1.807, 2.05) is 43.3 Å². The van der Waals surface area contributed by atoms with E-state index in [4.69, 9.17) is 9.47 Å². The summed E-state index contributed by atoms with van der Waals surface area (Å²) in [7, 11) is 3.17. The summed E-state index contributed by atoms with van der Waals surface area (Å²) < 4.78 is 10.9. The van der Waals surface area contributed by atoms with E-state index in [0.29, 0.717) is 31.1 Å². The molecular weight excluding hydrogens is 332 g/mol. The van der Waals surface area contributed by atoms with Crippen LogP contribution in [0.3, 0.4) is 0 Å². The van der Waals surface area contributed by atoms with Crippen LogP contribution in [0.5, 0.6) is 11.5 Å². The minimum atomic E-state index is -0.792. The lowest BCUT2D eigenvalue weighted by Crippen LogP contribution is -2.23. The molecule has 0 radical (unpaired) electrons. The van der Waals surface area contributed by atoms with E-state index in [1.54, 1.807) is 14.2 Å². The van der Waals surface area contributed by atoms with E-state index in [-0.39, 0.29) is 5.92 Å². The summed E-state index contributed by atoms with van der Waals surface area (Å²) in [5.74, 6) is -0.225. The molecule has 3 rings (SSSR count). The van der Waals surface area contributed by atoms with E-state index >= 15 is 0 Å². The maximum absolute atomic E-state index is 11.9. The van der Waals surface area contributed by atoms with Crippen LogP contribution in [0, 0.1) is 12.8 Å². The Morgan fingerprint density at radius 3 is 2.62 bits per heavy atom. The van der Waals surface area contributed by atoms with Crippen LogP contribution in [0.2, 0.25) is 0 Å². The third-order valence-electron chi connectivity index (χ3n) is 4.88. The van der Waals surface area contributed by atoms with Gasteiger partial charge in [-0.15, -0.1) is 0 Å². The van der Waals surface area contributed by atoms with E-state index in [1.165, 1.54) is 0 Å². The molecule has 1 N–H and O–H groups in total. The van der Waals surface area contributed by atoms with Crippen molar-refractivity contribution in [1.29, 1.82) is 0 Å². The fourth-order valence-corrected chi connectivity index (χ4v) is 3.70. The van der Waals surface area contributed by atoms with Gasteiger partial charge in [0.1, 0.15) is 0 Å². The Balaban J connectivity index is 1.88. The molecule has 6 nitrogen and oxygen atoms in total. The lowest BCUT2D eigenvalue weighted by atomic mass is 9.88. The molecule has 26 heavy (non-hydrogen) atoms. The topological polar surface area (TPSA) is 71.9 Å². The van der Waals surface area contributed by atoms with Crippen LogP contribution in [0.1, 0.15) is 22.9 Å². The van der Waals surface area contributed by atoms with Gasteiger partial charge in [0, 0.05) is 36.8 Å². The van der Waals surface area contributed by atoms with Crippen molar-refractivity contribution in [2.75, 3.05) is 27.3 Å². The number of rotatable bonds is 6. The number of hydrogen-bond donors (Lipinski definition) is 1. The second-order valence-corrected chi connectivity index (χ2v) is 6.60. The number of carboxylic acids is 1. The third-order valence-corrected chi connectivity index (χ3v) is 4.88. The van der Waals surface area contributed by atoms with Crippen molar-refractivity contribution in [3.63, 3.8) is 0 Å². The standard InChI is InChI=1S/C20H24N2O4/c1-13-6-4-7-14(21-13)10-22-11-16(17(12-22)20(23)24)15-8-5-9-18(25-2)19(15)26-3/h4-9,16-17H,10-12H2,1-3H3,(H,23,24)/t16-,17+/m0/s1. The summed E-state index contributed by atoms with van der Waals surface area (Å²) in [6, 6.07) is 11.5. The third kappa shape index (κ3) is 3.65. The second-order valence-electron chi connectivity index (χ2n) is 6.60. The summed E-state index contributed by atoms with van der Waals surface area (Å²) in [5, 5.41) is 9.75. The summed E-state index contributed by atoms with van der Waals surface area (Å²) in [4.78, 5) is 18.6. The number of aryl methyl sites for hydroxylation is 1. The fraction of sp³-hybridized carbons (Fsp3) is 0.400. The van der Waals surface area contributed by atoms with E-state index in [2.05, 4.69) is 9.88 Å². The van der Waals surface area contributed by atoms with Gasteiger partial charge < -0.3 is 14.6 Å². The molecule has 0 amide bonds. The molecule has 0 bridgehead atoms. The van der Waals surface area contributed by atoms with Crippen molar-refractivity contribution in [3.05, 3.63) is 53.3 Å². The molecule has 0 unspecified atom stereocenters. The number of benzene rings is 1. The lowest BCUT2D eigenvalue weighted by Gasteiger charge is -2.20. The van der Waals surface area contributed by atoms with Gasteiger partial charge in [0.25, 0.3) is 0 Å². The average Bonchev–Trinajstić information content (AvgIpc) is 3.04. The van der Waals surface area contributed by atoms with E-state index in [0.717, 1.165) is 17.0 Å². The summed E-state index contributed by atoms with van der Waals surface area (Å²) >= 11 is 0. The van der Waals surface area contributed by atoms with Gasteiger partial charge in [-0.05, 0) is 25.1 Å². The second kappa shape index (κ2) is 7.74. The number of ether oxygens (including phenoxy) is 2. The van der Waals surface area contributed by atoms with Gasteiger partial charge in [-0.3, -0.25) is 14.7 Å². The Morgan fingerprint density at radius 1 is 1.19 bits per heavy atom. The number of aromatic nitrogens is 1. The van der Waals surface area contributed by atoms with Crippen LogP contribution < -0.4 is 9.47 Å². The Labute approximate surface area is 153 Å².